The number of fused-ring (bicyclic) bond motifs is 1. The number of anilines is 2. The van der Waals surface area contributed by atoms with E-state index in [0.29, 0.717) is 28.9 Å². The normalized spacial score (nSPS) is 11.4. The molecule has 0 aliphatic heterocycles. The lowest BCUT2D eigenvalue weighted by atomic mass is 10.1. The number of pyridine rings is 1. The van der Waals surface area contributed by atoms with Crippen molar-refractivity contribution < 1.29 is 17.5 Å². The minimum atomic E-state index is -3.88. The Morgan fingerprint density at radius 1 is 1.00 bits per heavy atom. The molecule has 4 rings (SSSR count). The molecule has 5 nitrogen and oxygen atoms in total. The summed E-state index contributed by atoms with van der Waals surface area (Å²) in [5.41, 5.74) is 1.39. The molecule has 30 heavy (non-hydrogen) atoms. The third-order valence-corrected chi connectivity index (χ3v) is 6.35. The zero-order valence-electron chi connectivity index (χ0n) is 16.2. The highest BCUT2D eigenvalue weighted by Crippen LogP contribution is 2.35. The molecular formula is C23H19FN2O3S. The fourth-order valence-electron chi connectivity index (χ4n) is 3.15. The average molecular weight is 422 g/mol. The van der Waals surface area contributed by atoms with Gasteiger partial charge in [-0.3, -0.25) is 4.98 Å². The molecule has 0 aliphatic carbocycles. The Kier molecular flexibility index (Phi) is 5.37. The van der Waals surface area contributed by atoms with Gasteiger partial charge in [0, 0.05) is 17.3 Å². The van der Waals surface area contributed by atoms with Crippen LogP contribution in [0.4, 0.5) is 15.8 Å². The molecule has 0 aliphatic rings. The van der Waals surface area contributed by atoms with E-state index >= 15 is 0 Å². The van der Waals surface area contributed by atoms with E-state index in [-0.39, 0.29) is 15.5 Å². The Morgan fingerprint density at radius 2 is 1.73 bits per heavy atom. The van der Waals surface area contributed by atoms with Gasteiger partial charge in [-0.2, -0.15) is 0 Å². The SMILES string of the molecule is CCOc1ccc(Nc2c(S(=O)(=O)c3ccccc3)cnc3ccc(F)cc23)cc1. The van der Waals surface area contributed by atoms with E-state index in [0.717, 1.165) is 0 Å². The number of nitrogens with one attached hydrogen (secondary N) is 1. The number of halogens is 1. The Bertz CT molecular complexity index is 1290. The highest BCUT2D eigenvalue weighted by molar-refractivity contribution is 7.91. The first kappa shape index (κ1) is 19.8. The van der Waals surface area contributed by atoms with Crippen molar-refractivity contribution in [3.63, 3.8) is 0 Å². The number of hydrogen-bond acceptors (Lipinski definition) is 5. The van der Waals surface area contributed by atoms with Gasteiger partial charge in [-0.25, -0.2) is 12.8 Å². The number of sulfone groups is 1. The molecule has 1 N–H and O–H groups in total. The van der Waals surface area contributed by atoms with Gasteiger partial charge in [0.1, 0.15) is 16.5 Å². The number of rotatable bonds is 6. The third-order valence-electron chi connectivity index (χ3n) is 4.57. The molecule has 152 valence electrons. The van der Waals surface area contributed by atoms with Crippen molar-refractivity contribution in [1.82, 2.24) is 4.98 Å². The molecule has 0 bridgehead atoms. The summed E-state index contributed by atoms with van der Waals surface area (Å²) in [6, 6.07) is 19.3. The number of benzene rings is 3. The number of aromatic nitrogens is 1. The van der Waals surface area contributed by atoms with Gasteiger partial charge >= 0.3 is 0 Å². The first-order valence-electron chi connectivity index (χ1n) is 9.37. The molecule has 1 heterocycles. The molecule has 0 amide bonds. The van der Waals surface area contributed by atoms with Crippen LogP contribution in [0.25, 0.3) is 10.9 Å². The van der Waals surface area contributed by atoms with Crippen LogP contribution in [0.15, 0.2) is 88.8 Å². The second-order valence-electron chi connectivity index (χ2n) is 6.56. The van der Waals surface area contributed by atoms with Crippen LogP contribution >= 0.6 is 0 Å². The van der Waals surface area contributed by atoms with Crippen molar-refractivity contribution in [3.05, 3.63) is 84.8 Å². The smallest absolute Gasteiger partial charge is 0.210 e. The van der Waals surface area contributed by atoms with Crippen LogP contribution in [-0.2, 0) is 9.84 Å². The number of nitrogens with zero attached hydrogens (tertiary/aromatic N) is 1. The summed E-state index contributed by atoms with van der Waals surface area (Å²) in [6.07, 6.45) is 1.31. The van der Waals surface area contributed by atoms with E-state index in [1.54, 1.807) is 42.5 Å². The first-order valence-corrected chi connectivity index (χ1v) is 10.9. The van der Waals surface area contributed by atoms with E-state index in [9.17, 15) is 12.8 Å². The van der Waals surface area contributed by atoms with E-state index in [1.165, 1.54) is 36.5 Å². The molecule has 3 aromatic carbocycles. The molecule has 0 fully saturated rings. The van der Waals surface area contributed by atoms with E-state index in [1.807, 2.05) is 6.92 Å². The Balaban J connectivity index is 1.89. The van der Waals surface area contributed by atoms with E-state index in [4.69, 9.17) is 4.74 Å². The highest BCUT2D eigenvalue weighted by Gasteiger charge is 2.24. The summed E-state index contributed by atoms with van der Waals surface area (Å²) in [6.45, 7) is 2.44. The fraction of sp³-hybridized carbons (Fsp3) is 0.0870. The molecule has 0 radical (unpaired) electrons. The molecular weight excluding hydrogens is 403 g/mol. The standard InChI is InChI=1S/C23H19FN2O3S/c1-2-29-18-11-9-17(10-12-18)26-23-20-14-16(24)8-13-21(20)25-15-22(23)30(27,28)19-6-4-3-5-7-19/h3-15H,2H2,1H3,(H,25,26). The lowest BCUT2D eigenvalue weighted by Crippen LogP contribution is -2.07. The van der Waals surface area contributed by atoms with Gasteiger partial charge < -0.3 is 10.1 Å². The van der Waals surface area contributed by atoms with Crippen molar-refractivity contribution in [2.75, 3.05) is 11.9 Å². The maximum absolute atomic E-state index is 14.0. The zero-order chi connectivity index (χ0) is 21.1. The second-order valence-corrected chi connectivity index (χ2v) is 8.48. The van der Waals surface area contributed by atoms with Crippen molar-refractivity contribution in [3.8, 4) is 5.75 Å². The van der Waals surface area contributed by atoms with Gasteiger partial charge in [0.25, 0.3) is 0 Å². The van der Waals surface area contributed by atoms with Crippen LogP contribution in [0.1, 0.15) is 6.92 Å². The number of hydrogen-bond donors (Lipinski definition) is 1. The molecule has 1 aromatic heterocycles. The molecule has 0 atom stereocenters. The minimum absolute atomic E-state index is 0.0271. The van der Waals surface area contributed by atoms with Crippen LogP contribution in [0.5, 0.6) is 5.75 Å². The highest BCUT2D eigenvalue weighted by atomic mass is 32.2. The van der Waals surface area contributed by atoms with Gasteiger partial charge in [-0.15, -0.1) is 0 Å². The monoisotopic (exact) mass is 422 g/mol. The van der Waals surface area contributed by atoms with Gasteiger partial charge in [0.15, 0.2) is 0 Å². The molecule has 0 saturated heterocycles. The van der Waals surface area contributed by atoms with Crippen LogP contribution in [0.2, 0.25) is 0 Å². The van der Waals surface area contributed by atoms with Gasteiger partial charge in [0.2, 0.25) is 9.84 Å². The zero-order valence-corrected chi connectivity index (χ0v) is 17.0. The van der Waals surface area contributed by atoms with Crippen molar-refractivity contribution in [1.29, 1.82) is 0 Å². The minimum Gasteiger partial charge on any atom is -0.494 e. The summed E-state index contributed by atoms with van der Waals surface area (Å²) in [5.74, 6) is 0.221. The van der Waals surface area contributed by atoms with Crippen molar-refractivity contribution >= 4 is 32.1 Å². The molecule has 4 aromatic rings. The molecule has 7 heteroatoms. The predicted octanol–water partition coefficient (Wildman–Crippen LogP) is 5.35. The summed E-state index contributed by atoms with van der Waals surface area (Å²) >= 11 is 0. The quantitative estimate of drug-likeness (QED) is 0.454. The Labute approximate surface area is 174 Å². The van der Waals surface area contributed by atoms with E-state index in [2.05, 4.69) is 10.3 Å². The lowest BCUT2D eigenvalue weighted by Gasteiger charge is -2.16. The van der Waals surface area contributed by atoms with Gasteiger partial charge in [-0.05, 0) is 61.5 Å². The first-order chi connectivity index (χ1) is 14.5. The number of ether oxygens (including phenoxy) is 1. The third kappa shape index (κ3) is 3.84. The van der Waals surface area contributed by atoms with Crippen LogP contribution < -0.4 is 10.1 Å². The summed E-state index contributed by atoms with van der Waals surface area (Å²) in [7, 11) is -3.88. The largest absolute Gasteiger partial charge is 0.494 e. The molecule has 0 saturated carbocycles. The lowest BCUT2D eigenvalue weighted by molar-refractivity contribution is 0.340. The van der Waals surface area contributed by atoms with Gasteiger partial charge in [0.05, 0.1) is 22.7 Å². The van der Waals surface area contributed by atoms with Crippen LogP contribution in [0.3, 0.4) is 0 Å². The Hall–Kier alpha value is -3.45. The summed E-state index contributed by atoms with van der Waals surface area (Å²) in [5, 5.41) is 3.52. The topological polar surface area (TPSA) is 68.3 Å². The maximum Gasteiger partial charge on any atom is 0.210 e. The van der Waals surface area contributed by atoms with Crippen molar-refractivity contribution in [2.45, 2.75) is 16.7 Å². The average Bonchev–Trinajstić information content (AvgIpc) is 2.76. The molecule has 0 unspecified atom stereocenters. The summed E-state index contributed by atoms with van der Waals surface area (Å²) < 4.78 is 46.1. The fourth-order valence-corrected chi connectivity index (χ4v) is 4.54. The Morgan fingerprint density at radius 3 is 2.43 bits per heavy atom. The van der Waals surface area contributed by atoms with Gasteiger partial charge in [-0.1, -0.05) is 18.2 Å². The predicted molar refractivity (Wildman–Crippen MR) is 114 cm³/mol. The maximum atomic E-state index is 14.0. The molecule has 0 spiro atoms. The summed E-state index contributed by atoms with van der Waals surface area (Å²) in [4.78, 5) is 4.36. The second kappa shape index (κ2) is 8.12. The van der Waals surface area contributed by atoms with Crippen LogP contribution in [-0.4, -0.2) is 20.0 Å². The van der Waals surface area contributed by atoms with Crippen LogP contribution in [0, 0.1) is 5.82 Å². The van der Waals surface area contributed by atoms with E-state index < -0.39 is 15.7 Å². The van der Waals surface area contributed by atoms with Crippen molar-refractivity contribution in [2.24, 2.45) is 0 Å².